The highest BCUT2D eigenvalue weighted by atomic mass is 16.4. The van der Waals surface area contributed by atoms with E-state index in [-0.39, 0.29) is 5.75 Å². The molecule has 0 aliphatic heterocycles. The zero-order chi connectivity index (χ0) is 13.4. The van der Waals surface area contributed by atoms with Gasteiger partial charge in [-0.3, -0.25) is 0 Å². The molecule has 0 atom stereocenters. The predicted molar refractivity (Wildman–Crippen MR) is 71.6 cm³/mol. The Hall–Kier alpha value is -2.10. The van der Waals surface area contributed by atoms with E-state index in [4.69, 9.17) is 0 Å². The quantitative estimate of drug-likeness (QED) is 0.770. The molecular formula is C15H15NO3. The number of carbonyl (C=O) groups is 1. The second-order valence-corrected chi connectivity index (χ2v) is 4.95. The SMILES string of the molecule is O=C(O)c1c2c(nc3c(O)cccc13)CCCCC2. The number of hydrogen-bond acceptors (Lipinski definition) is 3. The van der Waals surface area contributed by atoms with E-state index in [2.05, 4.69) is 4.98 Å². The van der Waals surface area contributed by atoms with Gasteiger partial charge < -0.3 is 10.2 Å². The summed E-state index contributed by atoms with van der Waals surface area (Å²) in [7, 11) is 0. The van der Waals surface area contributed by atoms with Gasteiger partial charge in [0.25, 0.3) is 0 Å². The largest absolute Gasteiger partial charge is 0.506 e. The number of carboxylic acid groups (broad SMARTS) is 1. The minimum atomic E-state index is -0.934. The molecule has 3 rings (SSSR count). The van der Waals surface area contributed by atoms with Gasteiger partial charge in [-0.05, 0) is 37.3 Å². The number of aromatic hydroxyl groups is 1. The van der Waals surface area contributed by atoms with E-state index in [0.717, 1.165) is 43.4 Å². The van der Waals surface area contributed by atoms with Crippen LogP contribution >= 0.6 is 0 Å². The molecule has 1 heterocycles. The lowest BCUT2D eigenvalue weighted by Crippen LogP contribution is -2.08. The summed E-state index contributed by atoms with van der Waals surface area (Å²) in [5, 5.41) is 19.9. The molecule has 4 heteroatoms. The Morgan fingerprint density at radius 1 is 1.16 bits per heavy atom. The number of para-hydroxylation sites is 1. The molecule has 0 saturated heterocycles. The summed E-state index contributed by atoms with van der Waals surface area (Å²) in [6.07, 6.45) is 4.67. The molecule has 1 aromatic heterocycles. The van der Waals surface area contributed by atoms with E-state index in [1.54, 1.807) is 18.2 Å². The molecule has 2 N–H and O–H groups in total. The Morgan fingerprint density at radius 2 is 1.95 bits per heavy atom. The fourth-order valence-electron chi connectivity index (χ4n) is 2.85. The number of phenolic OH excluding ortho intramolecular Hbond substituents is 1. The highest BCUT2D eigenvalue weighted by Gasteiger charge is 2.22. The molecule has 0 saturated carbocycles. The first-order chi connectivity index (χ1) is 9.18. The summed E-state index contributed by atoms with van der Waals surface area (Å²) in [6, 6.07) is 4.93. The number of aryl methyl sites for hydroxylation is 1. The van der Waals surface area contributed by atoms with Crippen molar-refractivity contribution in [2.24, 2.45) is 0 Å². The van der Waals surface area contributed by atoms with Crippen LogP contribution in [0.25, 0.3) is 10.9 Å². The van der Waals surface area contributed by atoms with E-state index in [1.165, 1.54) is 0 Å². The number of pyridine rings is 1. The van der Waals surface area contributed by atoms with E-state index in [9.17, 15) is 15.0 Å². The molecule has 2 aromatic rings. The molecule has 4 nitrogen and oxygen atoms in total. The molecular weight excluding hydrogens is 242 g/mol. The molecule has 0 fully saturated rings. The number of phenols is 1. The fourth-order valence-corrected chi connectivity index (χ4v) is 2.85. The van der Waals surface area contributed by atoms with Crippen LogP contribution in [0.5, 0.6) is 5.75 Å². The number of fused-ring (bicyclic) bond motifs is 2. The van der Waals surface area contributed by atoms with Crippen molar-refractivity contribution in [2.75, 3.05) is 0 Å². The normalized spacial score (nSPS) is 14.9. The van der Waals surface area contributed by atoms with E-state index in [1.807, 2.05) is 0 Å². The van der Waals surface area contributed by atoms with Gasteiger partial charge in [0.05, 0.1) is 5.56 Å². The van der Waals surface area contributed by atoms with Crippen LogP contribution in [0.4, 0.5) is 0 Å². The standard InChI is InChI=1S/C15H15NO3/c17-12-8-4-6-10-13(15(18)19)9-5-2-1-3-7-11(9)16-14(10)12/h4,6,8,17H,1-3,5,7H2,(H,18,19). The molecule has 1 aliphatic rings. The maximum absolute atomic E-state index is 11.6. The lowest BCUT2D eigenvalue weighted by atomic mass is 9.97. The lowest BCUT2D eigenvalue weighted by molar-refractivity contribution is 0.0697. The summed E-state index contributed by atoms with van der Waals surface area (Å²) < 4.78 is 0. The molecule has 1 aliphatic carbocycles. The summed E-state index contributed by atoms with van der Waals surface area (Å²) in [5.74, 6) is -0.886. The Balaban J connectivity index is 2.40. The van der Waals surface area contributed by atoms with E-state index >= 15 is 0 Å². The monoisotopic (exact) mass is 257 g/mol. The lowest BCUT2D eigenvalue weighted by Gasteiger charge is -2.13. The van der Waals surface area contributed by atoms with Crippen molar-refractivity contribution in [2.45, 2.75) is 32.1 Å². The number of benzene rings is 1. The molecule has 0 radical (unpaired) electrons. The highest BCUT2D eigenvalue weighted by molar-refractivity contribution is 6.05. The van der Waals surface area contributed by atoms with Gasteiger partial charge in [-0.2, -0.15) is 0 Å². The van der Waals surface area contributed by atoms with Gasteiger partial charge in [-0.15, -0.1) is 0 Å². The van der Waals surface area contributed by atoms with E-state index in [0.29, 0.717) is 16.5 Å². The maximum atomic E-state index is 11.6. The molecule has 19 heavy (non-hydrogen) atoms. The number of aromatic nitrogens is 1. The van der Waals surface area contributed by atoms with Gasteiger partial charge in [0.15, 0.2) is 0 Å². The number of carboxylic acids is 1. The smallest absolute Gasteiger partial charge is 0.336 e. The predicted octanol–water partition coefficient (Wildman–Crippen LogP) is 2.91. The molecule has 0 unspecified atom stereocenters. The Kier molecular flexibility index (Phi) is 2.85. The first-order valence-corrected chi connectivity index (χ1v) is 6.55. The first-order valence-electron chi connectivity index (χ1n) is 6.55. The second-order valence-electron chi connectivity index (χ2n) is 4.95. The van der Waals surface area contributed by atoms with Gasteiger partial charge in [0, 0.05) is 11.1 Å². The molecule has 98 valence electrons. The molecule has 0 spiro atoms. The maximum Gasteiger partial charge on any atom is 0.336 e. The van der Waals surface area contributed by atoms with Gasteiger partial charge in [0.2, 0.25) is 0 Å². The Bertz CT molecular complexity index is 664. The second kappa shape index (κ2) is 4.53. The van der Waals surface area contributed by atoms with Crippen LogP contribution in [0, 0.1) is 0 Å². The average Bonchev–Trinajstić information content (AvgIpc) is 2.61. The van der Waals surface area contributed by atoms with Crippen LogP contribution in [-0.4, -0.2) is 21.2 Å². The van der Waals surface area contributed by atoms with Gasteiger partial charge in [-0.1, -0.05) is 18.6 Å². The summed E-state index contributed by atoms with van der Waals surface area (Å²) in [5.41, 5.74) is 2.41. The van der Waals surface area contributed by atoms with Crippen LogP contribution < -0.4 is 0 Å². The first kappa shape index (κ1) is 12.0. The van der Waals surface area contributed by atoms with Crippen LogP contribution in [0.2, 0.25) is 0 Å². The van der Waals surface area contributed by atoms with Gasteiger partial charge in [-0.25, -0.2) is 9.78 Å². The zero-order valence-electron chi connectivity index (χ0n) is 10.5. The Labute approximate surface area is 110 Å². The molecule has 0 bridgehead atoms. The molecule has 0 amide bonds. The van der Waals surface area contributed by atoms with Crippen molar-refractivity contribution in [1.29, 1.82) is 0 Å². The third kappa shape index (κ3) is 1.93. The highest BCUT2D eigenvalue weighted by Crippen LogP contribution is 2.32. The van der Waals surface area contributed by atoms with Crippen LogP contribution in [0.3, 0.4) is 0 Å². The Morgan fingerprint density at radius 3 is 2.74 bits per heavy atom. The molecule has 1 aromatic carbocycles. The topological polar surface area (TPSA) is 70.4 Å². The zero-order valence-corrected chi connectivity index (χ0v) is 10.5. The van der Waals surface area contributed by atoms with Crippen molar-refractivity contribution in [1.82, 2.24) is 4.98 Å². The van der Waals surface area contributed by atoms with Gasteiger partial charge in [0.1, 0.15) is 11.3 Å². The minimum absolute atomic E-state index is 0.0482. The number of rotatable bonds is 1. The van der Waals surface area contributed by atoms with Crippen LogP contribution in [-0.2, 0) is 12.8 Å². The minimum Gasteiger partial charge on any atom is -0.506 e. The van der Waals surface area contributed by atoms with Crippen molar-refractivity contribution < 1.29 is 15.0 Å². The third-order valence-electron chi connectivity index (χ3n) is 3.74. The number of nitrogens with zero attached hydrogens (tertiary/aromatic N) is 1. The summed E-state index contributed by atoms with van der Waals surface area (Å²) in [6.45, 7) is 0. The van der Waals surface area contributed by atoms with Crippen molar-refractivity contribution >= 4 is 16.9 Å². The third-order valence-corrected chi connectivity index (χ3v) is 3.74. The number of hydrogen-bond donors (Lipinski definition) is 2. The van der Waals surface area contributed by atoms with E-state index < -0.39 is 5.97 Å². The van der Waals surface area contributed by atoms with Crippen molar-refractivity contribution in [3.8, 4) is 5.75 Å². The van der Waals surface area contributed by atoms with Gasteiger partial charge >= 0.3 is 5.97 Å². The summed E-state index contributed by atoms with van der Waals surface area (Å²) >= 11 is 0. The van der Waals surface area contributed by atoms with Crippen LogP contribution in [0.1, 0.15) is 40.9 Å². The average molecular weight is 257 g/mol. The van der Waals surface area contributed by atoms with Crippen molar-refractivity contribution in [3.63, 3.8) is 0 Å². The summed E-state index contributed by atoms with van der Waals surface area (Å²) in [4.78, 5) is 16.1. The van der Waals surface area contributed by atoms with Crippen molar-refractivity contribution in [3.05, 3.63) is 35.0 Å². The number of aromatic carboxylic acids is 1. The fraction of sp³-hybridized carbons (Fsp3) is 0.333. The van der Waals surface area contributed by atoms with Crippen LogP contribution in [0.15, 0.2) is 18.2 Å².